The maximum Gasteiger partial charge on any atom is 0.125 e. The summed E-state index contributed by atoms with van der Waals surface area (Å²) in [5.41, 5.74) is 2.57. The Hall–Kier alpha value is -0.380. The second-order valence-electron chi connectivity index (χ2n) is 5.92. The normalized spacial score (nSPS) is 22.7. The van der Waals surface area contributed by atoms with Crippen molar-refractivity contribution in [1.29, 1.82) is 0 Å². The topological polar surface area (TPSA) is 21.3 Å². The van der Waals surface area contributed by atoms with Crippen LogP contribution in [0.15, 0.2) is 12.1 Å². The predicted octanol–water partition coefficient (Wildman–Crippen LogP) is 4.08. The van der Waals surface area contributed by atoms with Gasteiger partial charge < -0.3 is 10.1 Å². The first-order chi connectivity index (χ1) is 10.3. The van der Waals surface area contributed by atoms with Crippen LogP contribution >= 0.6 is 23.4 Å². The number of halogens is 1. The molecule has 2 aliphatic rings. The molecule has 2 unspecified atom stereocenters. The molecule has 0 saturated carbocycles. The number of hydrogen-bond acceptors (Lipinski definition) is 3. The standard InChI is InChI=1S/C17H24ClNOS/c1-2-19-15(16-5-3-4-8-21-16)11-13-10-14(18)9-12-6-7-20-17(12)13/h9-10,15-16,19H,2-8,11H2,1H3. The fourth-order valence-corrected chi connectivity index (χ4v) is 5.11. The highest BCUT2D eigenvalue weighted by Gasteiger charge is 2.26. The molecule has 3 rings (SSSR count). The molecule has 21 heavy (non-hydrogen) atoms. The van der Waals surface area contributed by atoms with Crippen molar-refractivity contribution < 1.29 is 4.74 Å². The minimum absolute atomic E-state index is 0.520. The predicted molar refractivity (Wildman–Crippen MR) is 91.9 cm³/mol. The lowest BCUT2D eigenvalue weighted by molar-refractivity contribution is 0.350. The SMILES string of the molecule is CCNC(Cc1cc(Cl)cc2c1OCC2)C1CCCCS1. The first-order valence-corrected chi connectivity index (χ1v) is 9.49. The Morgan fingerprint density at radius 2 is 2.33 bits per heavy atom. The van der Waals surface area contributed by atoms with Gasteiger partial charge in [0.05, 0.1) is 6.61 Å². The van der Waals surface area contributed by atoms with E-state index in [0.29, 0.717) is 6.04 Å². The molecule has 2 heterocycles. The molecular weight excluding hydrogens is 302 g/mol. The molecule has 4 heteroatoms. The molecule has 1 saturated heterocycles. The third-order valence-electron chi connectivity index (χ3n) is 4.40. The second-order valence-corrected chi connectivity index (χ2v) is 7.71. The van der Waals surface area contributed by atoms with Crippen LogP contribution in [0.2, 0.25) is 5.02 Å². The van der Waals surface area contributed by atoms with Crippen molar-refractivity contribution in [3.63, 3.8) is 0 Å². The van der Waals surface area contributed by atoms with E-state index in [9.17, 15) is 0 Å². The molecule has 2 atom stereocenters. The summed E-state index contributed by atoms with van der Waals surface area (Å²) in [6.45, 7) is 4.01. The van der Waals surface area contributed by atoms with Gasteiger partial charge in [0, 0.05) is 22.7 Å². The van der Waals surface area contributed by atoms with Gasteiger partial charge in [0.25, 0.3) is 0 Å². The van der Waals surface area contributed by atoms with Crippen molar-refractivity contribution in [1.82, 2.24) is 5.32 Å². The maximum atomic E-state index is 6.29. The lowest BCUT2D eigenvalue weighted by Crippen LogP contribution is -2.41. The lowest BCUT2D eigenvalue weighted by Gasteiger charge is -2.31. The minimum atomic E-state index is 0.520. The molecule has 2 nitrogen and oxygen atoms in total. The van der Waals surface area contributed by atoms with E-state index in [0.717, 1.165) is 42.0 Å². The molecule has 0 aromatic heterocycles. The number of likely N-dealkylation sites (N-methyl/N-ethyl adjacent to an activating group) is 1. The van der Waals surface area contributed by atoms with Gasteiger partial charge in [0.1, 0.15) is 5.75 Å². The summed E-state index contributed by atoms with van der Waals surface area (Å²) in [5.74, 6) is 2.40. The van der Waals surface area contributed by atoms with Crippen LogP contribution in [0.4, 0.5) is 0 Å². The van der Waals surface area contributed by atoms with Crippen molar-refractivity contribution in [2.75, 3.05) is 18.9 Å². The van der Waals surface area contributed by atoms with Gasteiger partial charge in [0.2, 0.25) is 0 Å². The largest absolute Gasteiger partial charge is 0.493 e. The van der Waals surface area contributed by atoms with Crippen molar-refractivity contribution >= 4 is 23.4 Å². The van der Waals surface area contributed by atoms with Gasteiger partial charge in [-0.15, -0.1) is 0 Å². The zero-order valence-corrected chi connectivity index (χ0v) is 14.2. The average Bonchev–Trinajstić information content (AvgIpc) is 2.96. The summed E-state index contributed by atoms with van der Waals surface area (Å²) in [7, 11) is 0. The highest BCUT2D eigenvalue weighted by atomic mass is 35.5. The number of nitrogens with one attached hydrogen (secondary N) is 1. The fourth-order valence-electron chi connectivity index (χ4n) is 3.41. The molecule has 116 valence electrons. The first-order valence-electron chi connectivity index (χ1n) is 8.07. The van der Waals surface area contributed by atoms with E-state index < -0.39 is 0 Å². The zero-order valence-electron chi connectivity index (χ0n) is 12.7. The monoisotopic (exact) mass is 325 g/mol. The average molecular weight is 326 g/mol. The van der Waals surface area contributed by atoms with Crippen molar-refractivity contribution in [2.45, 2.75) is 50.3 Å². The van der Waals surface area contributed by atoms with E-state index in [4.69, 9.17) is 16.3 Å². The summed E-state index contributed by atoms with van der Waals surface area (Å²) in [5, 5.41) is 5.26. The summed E-state index contributed by atoms with van der Waals surface area (Å²) >= 11 is 8.43. The van der Waals surface area contributed by atoms with Gasteiger partial charge in [-0.3, -0.25) is 0 Å². The number of fused-ring (bicyclic) bond motifs is 1. The van der Waals surface area contributed by atoms with Crippen LogP contribution in [0.3, 0.4) is 0 Å². The maximum absolute atomic E-state index is 6.29. The summed E-state index contributed by atoms with van der Waals surface area (Å²) in [4.78, 5) is 0. The summed E-state index contributed by atoms with van der Waals surface area (Å²) in [6.07, 6.45) is 6.08. The van der Waals surface area contributed by atoms with Crippen LogP contribution in [0.25, 0.3) is 0 Å². The van der Waals surface area contributed by atoms with Gasteiger partial charge in [-0.2, -0.15) is 11.8 Å². The Bertz CT molecular complexity index is 488. The van der Waals surface area contributed by atoms with Crippen LogP contribution in [0.5, 0.6) is 5.75 Å². The highest BCUT2D eigenvalue weighted by molar-refractivity contribution is 8.00. The molecule has 2 aliphatic heterocycles. The quantitative estimate of drug-likeness (QED) is 0.881. The zero-order chi connectivity index (χ0) is 14.7. The third kappa shape index (κ3) is 3.69. The minimum Gasteiger partial charge on any atom is -0.493 e. The van der Waals surface area contributed by atoms with Gasteiger partial charge >= 0.3 is 0 Å². The molecule has 0 radical (unpaired) electrons. The van der Waals surface area contributed by atoms with E-state index in [1.807, 2.05) is 0 Å². The molecular formula is C17H24ClNOS. The molecule has 0 spiro atoms. The van der Waals surface area contributed by atoms with Crippen LogP contribution in [-0.2, 0) is 12.8 Å². The lowest BCUT2D eigenvalue weighted by atomic mass is 9.97. The van der Waals surface area contributed by atoms with E-state index in [1.165, 1.54) is 36.1 Å². The van der Waals surface area contributed by atoms with Crippen LogP contribution in [0, 0.1) is 0 Å². The van der Waals surface area contributed by atoms with E-state index in [-0.39, 0.29) is 0 Å². The molecule has 0 aliphatic carbocycles. The molecule has 1 N–H and O–H groups in total. The Morgan fingerprint density at radius 1 is 1.43 bits per heavy atom. The van der Waals surface area contributed by atoms with Crippen LogP contribution in [-0.4, -0.2) is 30.2 Å². The molecule has 0 amide bonds. The van der Waals surface area contributed by atoms with E-state index in [2.05, 4.69) is 36.1 Å². The number of benzene rings is 1. The number of thioether (sulfide) groups is 1. The second kappa shape index (κ2) is 7.26. The molecule has 1 aromatic rings. The molecule has 1 aromatic carbocycles. The van der Waals surface area contributed by atoms with Crippen molar-refractivity contribution in [2.24, 2.45) is 0 Å². The Labute approximate surface area is 137 Å². The van der Waals surface area contributed by atoms with Gasteiger partial charge in [0.15, 0.2) is 0 Å². The van der Waals surface area contributed by atoms with Gasteiger partial charge in [-0.25, -0.2) is 0 Å². The third-order valence-corrected chi connectivity index (χ3v) is 6.13. The fraction of sp³-hybridized carbons (Fsp3) is 0.647. The van der Waals surface area contributed by atoms with Crippen molar-refractivity contribution in [3.05, 3.63) is 28.3 Å². The molecule has 0 bridgehead atoms. The highest BCUT2D eigenvalue weighted by Crippen LogP contribution is 2.36. The van der Waals surface area contributed by atoms with Crippen LogP contribution < -0.4 is 10.1 Å². The van der Waals surface area contributed by atoms with E-state index in [1.54, 1.807) is 0 Å². The van der Waals surface area contributed by atoms with Crippen molar-refractivity contribution in [3.8, 4) is 5.75 Å². The van der Waals surface area contributed by atoms with Gasteiger partial charge in [-0.1, -0.05) is 24.9 Å². The van der Waals surface area contributed by atoms with Crippen LogP contribution in [0.1, 0.15) is 37.3 Å². The first kappa shape index (κ1) is 15.5. The molecule has 1 fully saturated rings. The number of hydrogen-bond donors (Lipinski definition) is 1. The smallest absolute Gasteiger partial charge is 0.125 e. The van der Waals surface area contributed by atoms with Gasteiger partial charge in [-0.05, 0) is 54.8 Å². The van der Waals surface area contributed by atoms with E-state index >= 15 is 0 Å². The summed E-state index contributed by atoms with van der Waals surface area (Å²) < 4.78 is 5.86. The Kier molecular flexibility index (Phi) is 5.36. The summed E-state index contributed by atoms with van der Waals surface area (Å²) in [6, 6.07) is 4.68. The Balaban J connectivity index is 1.79. The Morgan fingerprint density at radius 3 is 3.10 bits per heavy atom. The number of ether oxygens (including phenoxy) is 1. The number of rotatable bonds is 5.